The van der Waals surface area contributed by atoms with Crippen molar-refractivity contribution < 1.29 is 14.0 Å². The fourth-order valence-corrected chi connectivity index (χ4v) is 3.49. The second kappa shape index (κ2) is 9.31. The van der Waals surface area contributed by atoms with Crippen molar-refractivity contribution in [3.8, 4) is 0 Å². The summed E-state index contributed by atoms with van der Waals surface area (Å²) in [5.41, 5.74) is 3.83. The van der Waals surface area contributed by atoms with E-state index in [4.69, 9.17) is 4.42 Å². The molecule has 6 heteroatoms. The zero-order chi connectivity index (χ0) is 22.5. The van der Waals surface area contributed by atoms with Crippen LogP contribution in [0, 0.1) is 6.92 Å². The molecular weight excluding hydrogens is 404 g/mol. The van der Waals surface area contributed by atoms with Gasteiger partial charge in [0.1, 0.15) is 5.58 Å². The third-order valence-electron chi connectivity index (χ3n) is 5.04. The number of hydrogen-bond donors (Lipinski definition) is 2. The molecule has 32 heavy (non-hydrogen) atoms. The van der Waals surface area contributed by atoms with Gasteiger partial charge in [0, 0.05) is 28.9 Å². The number of carbonyl (C=O) groups excluding carboxylic acids is 2. The SMILES string of the molecule is Cc1cc(=O)oc2cc(NC(=O)Cc3ccc(NC(=O)Cc4ccccc4)cc3)ccc12. The van der Waals surface area contributed by atoms with E-state index in [2.05, 4.69) is 10.6 Å². The van der Waals surface area contributed by atoms with Crippen molar-refractivity contribution in [1.29, 1.82) is 0 Å². The number of benzene rings is 3. The number of amides is 2. The van der Waals surface area contributed by atoms with E-state index >= 15 is 0 Å². The lowest BCUT2D eigenvalue weighted by atomic mass is 10.1. The molecule has 0 unspecified atom stereocenters. The molecule has 0 aliphatic heterocycles. The Kier molecular flexibility index (Phi) is 6.12. The molecule has 0 aliphatic carbocycles. The molecule has 0 radical (unpaired) electrons. The average Bonchev–Trinajstić information content (AvgIpc) is 2.75. The quantitative estimate of drug-likeness (QED) is 0.446. The van der Waals surface area contributed by atoms with Crippen molar-refractivity contribution in [2.75, 3.05) is 10.6 Å². The molecule has 1 aromatic heterocycles. The maximum atomic E-state index is 12.4. The maximum Gasteiger partial charge on any atom is 0.336 e. The highest BCUT2D eigenvalue weighted by Crippen LogP contribution is 2.21. The van der Waals surface area contributed by atoms with Gasteiger partial charge in [-0.15, -0.1) is 0 Å². The number of nitrogens with one attached hydrogen (secondary N) is 2. The second-order valence-electron chi connectivity index (χ2n) is 7.59. The molecule has 0 saturated carbocycles. The Balaban J connectivity index is 1.35. The van der Waals surface area contributed by atoms with Crippen LogP contribution in [0.4, 0.5) is 11.4 Å². The summed E-state index contributed by atoms with van der Waals surface area (Å²) in [5.74, 6) is -0.292. The minimum Gasteiger partial charge on any atom is -0.423 e. The number of hydrogen-bond acceptors (Lipinski definition) is 4. The number of rotatable bonds is 6. The molecule has 2 amide bonds. The van der Waals surface area contributed by atoms with Gasteiger partial charge in [0.25, 0.3) is 0 Å². The van der Waals surface area contributed by atoms with Crippen LogP contribution in [0.1, 0.15) is 16.7 Å². The summed E-state index contributed by atoms with van der Waals surface area (Å²) < 4.78 is 5.22. The van der Waals surface area contributed by atoms with E-state index in [-0.39, 0.29) is 18.2 Å². The normalized spacial score (nSPS) is 10.7. The van der Waals surface area contributed by atoms with E-state index < -0.39 is 5.63 Å². The lowest BCUT2D eigenvalue weighted by Crippen LogP contribution is -2.15. The summed E-state index contributed by atoms with van der Waals surface area (Å²) in [6.45, 7) is 1.84. The Hall–Kier alpha value is -4.19. The van der Waals surface area contributed by atoms with Gasteiger partial charge < -0.3 is 15.1 Å². The van der Waals surface area contributed by atoms with Crippen molar-refractivity contribution in [3.63, 3.8) is 0 Å². The minimum atomic E-state index is -0.422. The van der Waals surface area contributed by atoms with Gasteiger partial charge in [0.15, 0.2) is 0 Å². The first kappa shape index (κ1) is 21.1. The lowest BCUT2D eigenvalue weighted by molar-refractivity contribution is -0.116. The zero-order valence-corrected chi connectivity index (χ0v) is 17.6. The fraction of sp³-hybridized carbons (Fsp3) is 0.115. The zero-order valence-electron chi connectivity index (χ0n) is 17.6. The fourth-order valence-electron chi connectivity index (χ4n) is 3.49. The van der Waals surface area contributed by atoms with Crippen LogP contribution in [0.3, 0.4) is 0 Å². The predicted octanol–water partition coefficient (Wildman–Crippen LogP) is 4.46. The van der Waals surface area contributed by atoms with E-state index in [1.54, 1.807) is 36.4 Å². The van der Waals surface area contributed by atoms with Crippen LogP contribution in [0.5, 0.6) is 0 Å². The van der Waals surface area contributed by atoms with Gasteiger partial charge in [0.2, 0.25) is 11.8 Å². The third kappa shape index (κ3) is 5.29. The van der Waals surface area contributed by atoms with Crippen molar-refractivity contribution in [2.45, 2.75) is 19.8 Å². The summed E-state index contributed by atoms with van der Waals surface area (Å²) in [6.07, 6.45) is 0.477. The maximum absolute atomic E-state index is 12.4. The summed E-state index contributed by atoms with van der Waals surface area (Å²) >= 11 is 0. The van der Waals surface area contributed by atoms with Crippen LogP contribution in [0.15, 0.2) is 88.1 Å². The van der Waals surface area contributed by atoms with Crippen LogP contribution in [0.2, 0.25) is 0 Å². The van der Waals surface area contributed by atoms with Crippen LogP contribution in [-0.4, -0.2) is 11.8 Å². The molecule has 0 atom stereocenters. The molecule has 0 spiro atoms. The topological polar surface area (TPSA) is 88.4 Å². The summed E-state index contributed by atoms with van der Waals surface area (Å²) in [5, 5.41) is 6.51. The van der Waals surface area contributed by atoms with Gasteiger partial charge >= 0.3 is 5.63 Å². The monoisotopic (exact) mass is 426 g/mol. The van der Waals surface area contributed by atoms with Gasteiger partial charge in [-0.1, -0.05) is 42.5 Å². The van der Waals surface area contributed by atoms with Crippen LogP contribution in [-0.2, 0) is 22.4 Å². The third-order valence-corrected chi connectivity index (χ3v) is 5.04. The molecule has 6 nitrogen and oxygen atoms in total. The highest BCUT2D eigenvalue weighted by molar-refractivity contribution is 5.95. The molecule has 4 rings (SSSR count). The smallest absolute Gasteiger partial charge is 0.336 e. The predicted molar refractivity (Wildman–Crippen MR) is 125 cm³/mol. The van der Waals surface area contributed by atoms with Crippen LogP contribution in [0.25, 0.3) is 11.0 Å². The lowest BCUT2D eigenvalue weighted by Gasteiger charge is -2.09. The Labute approximate surface area is 184 Å². The first-order valence-electron chi connectivity index (χ1n) is 10.2. The van der Waals surface area contributed by atoms with Crippen molar-refractivity contribution >= 4 is 34.2 Å². The van der Waals surface area contributed by atoms with Gasteiger partial charge in [-0.2, -0.15) is 0 Å². The Morgan fingerprint density at radius 2 is 1.34 bits per heavy atom. The second-order valence-corrected chi connectivity index (χ2v) is 7.59. The highest BCUT2D eigenvalue weighted by Gasteiger charge is 2.08. The van der Waals surface area contributed by atoms with E-state index in [1.165, 1.54) is 6.07 Å². The van der Waals surface area contributed by atoms with E-state index in [0.717, 1.165) is 22.1 Å². The van der Waals surface area contributed by atoms with Crippen molar-refractivity contribution in [3.05, 3.63) is 106 Å². The molecule has 2 N–H and O–H groups in total. The molecule has 0 fully saturated rings. The summed E-state index contributed by atoms with van der Waals surface area (Å²) in [4.78, 5) is 36.2. The number of fused-ring (bicyclic) bond motifs is 1. The largest absolute Gasteiger partial charge is 0.423 e. The van der Waals surface area contributed by atoms with E-state index in [1.807, 2.05) is 43.3 Å². The number of anilines is 2. The number of carbonyl (C=O) groups is 2. The molecular formula is C26H22N2O4. The van der Waals surface area contributed by atoms with Crippen molar-refractivity contribution in [2.24, 2.45) is 0 Å². The molecule has 3 aromatic carbocycles. The van der Waals surface area contributed by atoms with E-state index in [0.29, 0.717) is 23.4 Å². The average molecular weight is 426 g/mol. The van der Waals surface area contributed by atoms with E-state index in [9.17, 15) is 14.4 Å². The summed E-state index contributed by atoms with van der Waals surface area (Å²) in [6, 6.07) is 23.4. The first-order valence-corrected chi connectivity index (χ1v) is 10.2. The summed E-state index contributed by atoms with van der Waals surface area (Å²) in [7, 11) is 0. The minimum absolute atomic E-state index is 0.0973. The van der Waals surface area contributed by atoms with Crippen molar-refractivity contribution in [1.82, 2.24) is 0 Å². The Morgan fingerprint density at radius 3 is 2.03 bits per heavy atom. The highest BCUT2D eigenvalue weighted by atomic mass is 16.4. The molecule has 0 saturated heterocycles. The van der Waals surface area contributed by atoms with Gasteiger partial charge in [-0.05, 0) is 47.9 Å². The van der Waals surface area contributed by atoms with Gasteiger partial charge in [0.05, 0.1) is 12.8 Å². The molecule has 160 valence electrons. The van der Waals surface area contributed by atoms with Crippen LogP contribution < -0.4 is 16.3 Å². The molecule has 1 heterocycles. The van der Waals surface area contributed by atoms with Gasteiger partial charge in [-0.3, -0.25) is 9.59 Å². The number of aryl methyl sites for hydroxylation is 1. The standard InChI is InChI=1S/C26H22N2O4/c1-17-13-26(31)32-23-16-21(11-12-22(17)23)28-25(30)15-19-7-9-20(10-8-19)27-24(29)14-18-5-3-2-4-6-18/h2-13,16H,14-15H2,1H3,(H,27,29)(H,28,30). The van der Waals surface area contributed by atoms with Gasteiger partial charge in [-0.25, -0.2) is 4.79 Å². The Morgan fingerprint density at radius 1 is 0.750 bits per heavy atom. The van der Waals surface area contributed by atoms with Crippen LogP contribution >= 0.6 is 0 Å². The molecule has 4 aromatic rings. The molecule has 0 aliphatic rings. The Bertz CT molecular complexity index is 1330. The molecule has 0 bridgehead atoms. The first-order chi connectivity index (χ1) is 15.5.